The largest absolute Gasteiger partial charge is 0.461 e. The molecule has 0 radical (unpaired) electrons. The first-order valence-corrected chi connectivity index (χ1v) is 6.49. The Hall–Kier alpha value is -1.12. The first-order valence-electron chi connectivity index (χ1n) is 6.49. The van der Waals surface area contributed by atoms with Crippen LogP contribution >= 0.6 is 0 Å². The first kappa shape index (κ1) is 11.0. The lowest BCUT2D eigenvalue weighted by molar-refractivity contribution is -0.144. The van der Waals surface area contributed by atoms with Crippen molar-refractivity contribution in [2.24, 2.45) is 23.7 Å². The molecule has 1 heterocycles. The maximum atomic E-state index is 12.0. The zero-order chi connectivity index (χ0) is 12.2. The highest BCUT2D eigenvalue weighted by atomic mass is 16.6. The van der Waals surface area contributed by atoms with Gasteiger partial charge in [0, 0.05) is 17.8 Å². The van der Waals surface area contributed by atoms with E-state index in [4.69, 9.17) is 4.74 Å². The van der Waals surface area contributed by atoms with Gasteiger partial charge >= 0.3 is 5.97 Å². The average molecular weight is 234 g/mol. The number of ether oxygens (including phenoxy) is 1. The average Bonchev–Trinajstić information content (AvgIpc) is 2.71. The summed E-state index contributed by atoms with van der Waals surface area (Å²) in [6.45, 7) is 4.16. The van der Waals surface area contributed by atoms with Gasteiger partial charge in [-0.3, -0.25) is 9.59 Å². The quantitative estimate of drug-likeness (QED) is 0.603. The Morgan fingerprint density at radius 3 is 2.76 bits per heavy atom. The van der Waals surface area contributed by atoms with Crippen LogP contribution in [0.1, 0.15) is 33.1 Å². The van der Waals surface area contributed by atoms with Crippen molar-refractivity contribution < 1.29 is 14.3 Å². The molecule has 2 fully saturated rings. The number of fused-ring (bicyclic) bond motifs is 3. The lowest BCUT2D eigenvalue weighted by Crippen LogP contribution is -2.33. The van der Waals surface area contributed by atoms with Crippen LogP contribution in [0.3, 0.4) is 0 Å². The number of carbonyl (C=O) groups is 2. The molecule has 17 heavy (non-hydrogen) atoms. The van der Waals surface area contributed by atoms with Crippen molar-refractivity contribution in [3.63, 3.8) is 0 Å². The highest BCUT2D eigenvalue weighted by Crippen LogP contribution is 2.48. The molecular formula is C14H18O3. The van der Waals surface area contributed by atoms with Gasteiger partial charge in [0.15, 0.2) is 5.78 Å². The highest BCUT2D eigenvalue weighted by molar-refractivity contribution is 5.96. The fraction of sp³-hybridized carbons (Fsp3) is 0.714. The predicted molar refractivity (Wildman–Crippen MR) is 62.1 cm³/mol. The summed E-state index contributed by atoms with van der Waals surface area (Å²) in [7, 11) is 0. The zero-order valence-corrected chi connectivity index (χ0v) is 10.3. The van der Waals surface area contributed by atoms with Crippen LogP contribution in [0.4, 0.5) is 0 Å². The minimum Gasteiger partial charge on any atom is -0.461 e. The van der Waals surface area contributed by atoms with Crippen molar-refractivity contribution in [3.05, 3.63) is 11.6 Å². The van der Waals surface area contributed by atoms with Crippen LogP contribution in [-0.4, -0.2) is 17.9 Å². The number of rotatable bonds is 0. The van der Waals surface area contributed by atoms with Crippen molar-refractivity contribution in [3.8, 4) is 0 Å². The molecule has 0 aromatic carbocycles. The third kappa shape index (κ3) is 1.55. The lowest BCUT2D eigenvalue weighted by Gasteiger charge is -2.27. The number of esters is 1. The number of carbonyl (C=O) groups excluding carboxylic acids is 2. The van der Waals surface area contributed by atoms with Gasteiger partial charge in [-0.15, -0.1) is 0 Å². The molecule has 92 valence electrons. The van der Waals surface area contributed by atoms with Gasteiger partial charge in [-0.2, -0.15) is 0 Å². The number of ketones is 1. The van der Waals surface area contributed by atoms with E-state index >= 15 is 0 Å². The molecule has 2 aliphatic carbocycles. The molecule has 3 aliphatic rings. The zero-order valence-electron chi connectivity index (χ0n) is 10.3. The summed E-state index contributed by atoms with van der Waals surface area (Å²) in [5.74, 6) is 1.09. The summed E-state index contributed by atoms with van der Waals surface area (Å²) >= 11 is 0. The standard InChI is InChI=1S/C14H18O3/c1-7-3-4-9-6-11(16)17-14(9)13-8(2)5-10(15)12(7)13/h5,7,9,12-14H,3-4,6H2,1-2H3/t7-,9-,12+,13-,14-/m0/s1. The van der Waals surface area contributed by atoms with E-state index in [9.17, 15) is 9.59 Å². The molecular weight excluding hydrogens is 216 g/mol. The molecule has 0 amide bonds. The van der Waals surface area contributed by atoms with E-state index in [1.54, 1.807) is 6.08 Å². The van der Waals surface area contributed by atoms with E-state index in [1.165, 1.54) is 0 Å². The van der Waals surface area contributed by atoms with E-state index in [-0.39, 0.29) is 29.7 Å². The van der Waals surface area contributed by atoms with Gasteiger partial charge in [-0.05, 0) is 31.8 Å². The molecule has 3 heteroatoms. The fourth-order valence-corrected chi connectivity index (χ4v) is 3.89. The van der Waals surface area contributed by atoms with E-state index < -0.39 is 0 Å². The molecule has 3 rings (SSSR count). The van der Waals surface area contributed by atoms with E-state index in [1.807, 2.05) is 6.92 Å². The van der Waals surface area contributed by atoms with Crippen molar-refractivity contribution in [2.45, 2.75) is 39.2 Å². The second-order valence-corrected chi connectivity index (χ2v) is 5.82. The summed E-state index contributed by atoms with van der Waals surface area (Å²) in [5.41, 5.74) is 1.11. The highest BCUT2D eigenvalue weighted by Gasteiger charge is 2.51. The Bertz CT molecular complexity index is 410. The molecule has 0 N–H and O–H groups in total. The maximum Gasteiger partial charge on any atom is 0.306 e. The summed E-state index contributed by atoms with van der Waals surface area (Å²) < 4.78 is 5.49. The van der Waals surface area contributed by atoms with Gasteiger partial charge in [0.2, 0.25) is 0 Å². The van der Waals surface area contributed by atoms with Crippen LogP contribution in [0, 0.1) is 23.7 Å². The lowest BCUT2D eigenvalue weighted by atomic mass is 9.79. The number of hydrogen-bond donors (Lipinski definition) is 0. The van der Waals surface area contributed by atoms with Crippen molar-refractivity contribution in [1.29, 1.82) is 0 Å². The van der Waals surface area contributed by atoms with Gasteiger partial charge in [0.1, 0.15) is 6.10 Å². The Morgan fingerprint density at radius 1 is 1.24 bits per heavy atom. The van der Waals surface area contributed by atoms with Crippen LogP contribution in [-0.2, 0) is 14.3 Å². The summed E-state index contributed by atoms with van der Waals surface area (Å²) in [4.78, 5) is 23.5. The van der Waals surface area contributed by atoms with Crippen molar-refractivity contribution >= 4 is 11.8 Å². The van der Waals surface area contributed by atoms with Crippen LogP contribution in [0.5, 0.6) is 0 Å². The topological polar surface area (TPSA) is 43.4 Å². The molecule has 0 aromatic heterocycles. The van der Waals surface area contributed by atoms with Crippen LogP contribution < -0.4 is 0 Å². The van der Waals surface area contributed by atoms with E-state index in [0.29, 0.717) is 18.3 Å². The van der Waals surface area contributed by atoms with Crippen molar-refractivity contribution in [2.75, 3.05) is 0 Å². The third-order valence-corrected chi connectivity index (χ3v) is 4.73. The monoisotopic (exact) mass is 234 g/mol. The Labute approximate surface area is 101 Å². The van der Waals surface area contributed by atoms with Crippen molar-refractivity contribution in [1.82, 2.24) is 0 Å². The molecule has 3 nitrogen and oxygen atoms in total. The number of allylic oxidation sites excluding steroid dienone is 1. The Balaban J connectivity index is 1.98. The van der Waals surface area contributed by atoms with Gasteiger partial charge in [-0.1, -0.05) is 12.5 Å². The summed E-state index contributed by atoms with van der Waals surface area (Å²) in [5, 5.41) is 0. The third-order valence-electron chi connectivity index (χ3n) is 4.73. The van der Waals surface area contributed by atoms with Gasteiger partial charge in [-0.25, -0.2) is 0 Å². The predicted octanol–water partition coefficient (Wildman–Crippen LogP) is 2.11. The van der Waals surface area contributed by atoms with Gasteiger partial charge < -0.3 is 4.74 Å². The SMILES string of the molecule is CC1=CC(=O)[C@@H]2[C@H]1[C@H]1OC(=O)C[C@@H]1CC[C@@H]2C. The van der Waals surface area contributed by atoms with Crippen LogP contribution in [0.2, 0.25) is 0 Å². The van der Waals surface area contributed by atoms with Crippen LogP contribution in [0.15, 0.2) is 11.6 Å². The molecule has 5 atom stereocenters. The Kier molecular flexibility index (Phi) is 2.39. The maximum absolute atomic E-state index is 12.0. The summed E-state index contributed by atoms with van der Waals surface area (Å²) in [6.07, 6.45) is 4.32. The van der Waals surface area contributed by atoms with E-state index in [2.05, 4.69) is 6.92 Å². The van der Waals surface area contributed by atoms with Gasteiger partial charge in [0.05, 0.1) is 6.42 Å². The normalized spacial score (nSPS) is 44.8. The second kappa shape index (κ2) is 3.69. The second-order valence-electron chi connectivity index (χ2n) is 5.82. The smallest absolute Gasteiger partial charge is 0.306 e. The molecule has 1 aliphatic heterocycles. The molecule has 0 aromatic rings. The minimum atomic E-state index is -0.0829. The first-order chi connectivity index (χ1) is 8.08. The Morgan fingerprint density at radius 2 is 2.00 bits per heavy atom. The fourth-order valence-electron chi connectivity index (χ4n) is 3.89. The number of hydrogen-bond acceptors (Lipinski definition) is 3. The molecule has 1 saturated carbocycles. The van der Waals surface area contributed by atoms with Gasteiger partial charge in [0.25, 0.3) is 0 Å². The summed E-state index contributed by atoms with van der Waals surface area (Å²) in [6, 6.07) is 0. The molecule has 0 spiro atoms. The molecule has 0 unspecified atom stereocenters. The molecule has 1 saturated heterocycles. The minimum absolute atomic E-state index is 0.0415. The van der Waals surface area contributed by atoms with E-state index in [0.717, 1.165) is 18.4 Å². The van der Waals surface area contributed by atoms with Crippen LogP contribution in [0.25, 0.3) is 0 Å². The molecule has 0 bridgehead atoms.